The molecule has 1 heterocycles. The van der Waals surface area contributed by atoms with Crippen molar-refractivity contribution in [3.05, 3.63) is 23.8 Å². The van der Waals surface area contributed by atoms with Crippen LogP contribution in [-0.4, -0.2) is 40.9 Å². The van der Waals surface area contributed by atoms with Crippen LogP contribution >= 0.6 is 0 Å². The van der Waals surface area contributed by atoms with Crippen molar-refractivity contribution in [2.75, 3.05) is 19.8 Å². The van der Waals surface area contributed by atoms with Gasteiger partial charge in [-0.15, -0.1) is 0 Å². The summed E-state index contributed by atoms with van der Waals surface area (Å²) in [5, 5.41) is 12.9. The largest absolute Gasteiger partial charge is 0.389 e. The van der Waals surface area contributed by atoms with Crippen molar-refractivity contribution in [3.8, 4) is 0 Å². The molecule has 1 rings (SSSR count). The number of aryl methyl sites for hydroxylation is 1. The average Bonchev–Trinajstić information content (AvgIpc) is 2.40. The molecule has 0 aliphatic carbocycles. The number of aromatic nitrogens is 2. The van der Waals surface area contributed by atoms with Crippen molar-refractivity contribution in [3.63, 3.8) is 0 Å². The van der Waals surface area contributed by atoms with Gasteiger partial charge in [0.25, 0.3) is 0 Å². The molecule has 0 bridgehead atoms. The van der Waals surface area contributed by atoms with E-state index in [-0.39, 0.29) is 0 Å². The van der Waals surface area contributed by atoms with Crippen LogP contribution in [0.25, 0.3) is 0 Å². The van der Waals surface area contributed by atoms with Crippen LogP contribution in [-0.2, 0) is 11.3 Å². The quantitative estimate of drug-likeness (QED) is 0.639. The van der Waals surface area contributed by atoms with Gasteiger partial charge in [-0.05, 0) is 25.7 Å². The molecule has 0 aliphatic heterocycles. The van der Waals surface area contributed by atoms with E-state index in [4.69, 9.17) is 4.74 Å². The topological polar surface area (TPSA) is 67.3 Å². The van der Waals surface area contributed by atoms with Gasteiger partial charge in [0.05, 0.1) is 24.1 Å². The van der Waals surface area contributed by atoms with E-state index in [1.807, 2.05) is 6.92 Å². The number of ether oxygens (including phenoxy) is 1. The number of nitrogens with zero attached hydrogens (tertiary/aromatic N) is 2. The van der Waals surface area contributed by atoms with Gasteiger partial charge < -0.3 is 15.2 Å². The molecule has 0 amide bonds. The van der Waals surface area contributed by atoms with Crippen LogP contribution in [0.5, 0.6) is 0 Å². The van der Waals surface area contributed by atoms with E-state index < -0.39 is 6.10 Å². The van der Waals surface area contributed by atoms with Gasteiger partial charge in [-0.1, -0.05) is 13.8 Å². The van der Waals surface area contributed by atoms with Gasteiger partial charge in [0.1, 0.15) is 0 Å². The third-order valence-electron chi connectivity index (χ3n) is 2.90. The van der Waals surface area contributed by atoms with E-state index in [2.05, 4.69) is 29.1 Å². The smallest absolute Gasteiger partial charge is 0.0897 e. The monoisotopic (exact) mass is 281 g/mol. The van der Waals surface area contributed by atoms with E-state index in [0.29, 0.717) is 25.6 Å². The van der Waals surface area contributed by atoms with Crippen LogP contribution in [0.4, 0.5) is 0 Å². The van der Waals surface area contributed by atoms with Crippen molar-refractivity contribution in [1.29, 1.82) is 0 Å². The minimum atomic E-state index is -0.479. The molecule has 0 saturated carbocycles. The lowest BCUT2D eigenvalue weighted by Crippen LogP contribution is -2.30. The Morgan fingerprint density at radius 3 is 2.75 bits per heavy atom. The van der Waals surface area contributed by atoms with Crippen LogP contribution in [0.1, 0.15) is 38.1 Å². The first-order valence-electron chi connectivity index (χ1n) is 7.32. The van der Waals surface area contributed by atoms with Crippen molar-refractivity contribution in [2.24, 2.45) is 5.92 Å². The maximum atomic E-state index is 9.76. The average molecular weight is 281 g/mol. The standard InChI is InChI=1S/C15H27N3O2/c1-12(2)5-4-6-20-11-15(19)10-16-8-14-9-17-13(3)7-18-14/h7,9,12,15-16,19H,4-6,8,10-11H2,1-3H3. The lowest BCUT2D eigenvalue weighted by Gasteiger charge is -2.12. The van der Waals surface area contributed by atoms with E-state index in [1.165, 1.54) is 6.42 Å². The van der Waals surface area contributed by atoms with Crippen LogP contribution in [0, 0.1) is 12.8 Å². The molecule has 1 unspecified atom stereocenters. The summed E-state index contributed by atoms with van der Waals surface area (Å²) in [6.07, 6.45) is 5.23. The SMILES string of the molecule is Cc1cnc(CNCC(O)COCCCC(C)C)cn1. The first kappa shape index (κ1) is 17.0. The second-order valence-electron chi connectivity index (χ2n) is 5.54. The summed E-state index contributed by atoms with van der Waals surface area (Å²) < 4.78 is 5.45. The van der Waals surface area contributed by atoms with E-state index in [1.54, 1.807) is 12.4 Å². The van der Waals surface area contributed by atoms with Crippen LogP contribution in [0.15, 0.2) is 12.4 Å². The van der Waals surface area contributed by atoms with Crippen molar-refractivity contribution < 1.29 is 9.84 Å². The first-order valence-corrected chi connectivity index (χ1v) is 7.32. The lowest BCUT2D eigenvalue weighted by molar-refractivity contribution is 0.0346. The molecular formula is C15H27N3O2. The Kier molecular flexibility index (Phi) is 8.34. The molecule has 1 aromatic rings. The minimum absolute atomic E-state index is 0.380. The molecule has 0 fully saturated rings. The molecule has 1 atom stereocenters. The molecule has 0 spiro atoms. The molecule has 0 aliphatic rings. The molecule has 0 saturated heterocycles. The molecule has 0 radical (unpaired) electrons. The van der Waals surface area contributed by atoms with Crippen LogP contribution in [0.3, 0.4) is 0 Å². The van der Waals surface area contributed by atoms with Gasteiger partial charge in [-0.25, -0.2) is 0 Å². The summed E-state index contributed by atoms with van der Waals surface area (Å²) >= 11 is 0. The molecule has 2 N–H and O–H groups in total. The second kappa shape index (κ2) is 9.80. The van der Waals surface area contributed by atoms with Gasteiger partial charge in [-0.3, -0.25) is 9.97 Å². The Labute approximate surface area is 121 Å². The van der Waals surface area contributed by atoms with Gasteiger partial charge >= 0.3 is 0 Å². The minimum Gasteiger partial charge on any atom is -0.389 e. The van der Waals surface area contributed by atoms with Gasteiger partial charge in [0.2, 0.25) is 0 Å². The predicted octanol–water partition coefficient (Wildman–Crippen LogP) is 1.69. The van der Waals surface area contributed by atoms with E-state index in [9.17, 15) is 5.11 Å². The summed E-state index contributed by atoms with van der Waals surface area (Å²) in [6.45, 7) is 8.52. The molecule has 5 nitrogen and oxygen atoms in total. The molecule has 20 heavy (non-hydrogen) atoms. The van der Waals surface area contributed by atoms with E-state index >= 15 is 0 Å². The van der Waals surface area contributed by atoms with Gasteiger partial charge in [-0.2, -0.15) is 0 Å². The zero-order valence-corrected chi connectivity index (χ0v) is 12.8. The van der Waals surface area contributed by atoms with Crippen molar-refractivity contribution in [2.45, 2.75) is 46.3 Å². The maximum Gasteiger partial charge on any atom is 0.0897 e. The molecule has 1 aromatic heterocycles. The fourth-order valence-corrected chi connectivity index (χ4v) is 1.75. The third-order valence-corrected chi connectivity index (χ3v) is 2.90. The number of hydrogen-bond acceptors (Lipinski definition) is 5. The molecule has 114 valence electrons. The molecular weight excluding hydrogens is 254 g/mol. The molecule has 5 heteroatoms. The van der Waals surface area contributed by atoms with Crippen LogP contribution in [0.2, 0.25) is 0 Å². The highest BCUT2D eigenvalue weighted by Gasteiger charge is 2.04. The number of rotatable bonds is 10. The fourth-order valence-electron chi connectivity index (χ4n) is 1.75. The summed E-state index contributed by atoms with van der Waals surface area (Å²) in [4.78, 5) is 8.41. The predicted molar refractivity (Wildman–Crippen MR) is 79.4 cm³/mol. The van der Waals surface area contributed by atoms with Crippen molar-refractivity contribution in [1.82, 2.24) is 15.3 Å². The second-order valence-corrected chi connectivity index (χ2v) is 5.54. The lowest BCUT2D eigenvalue weighted by atomic mass is 10.1. The highest BCUT2D eigenvalue weighted by Crippen LogP contribution is 2.03. The maximum absolute atomic E-state index is 9.76. The number of aliphatic hydroxyl groups excluding tert-OH is 1. The summed E-state index contributed by atoms with van der Waals surface area (Å²) in [7, 11) is 0. The normalized spacial score (nSPS) is 12.8. The van der Waals surface area contributed by atoms with Gasteiger partial charge in [0, 0.05) is 32.1 Å². The highest BCUT2D eigenvalue weighted by atomic mass is 16.5. The Hall–Kier alpha value is -1.04. The van der Waals surface area contributed by atoms with Crippen LogP contribution < -0.4 is 5.32 Å². The summed E-state index contributed by atoms with van der Waals surface area (Å²) in [6, 6.07) is 0. The molecule has 0 aromatic carbocycles. The number of hydrogen-bond donors (Lipinski definition) is 2. The Morgan fingerprint density at radius 1 is 1.30 bits per heavy atom. The zero-order valence-electron chi connectivity index (χ0n) is 12.8. The number of aliphatic hydroxyl groups is 1. The Balaban J connectivity index is 2.02. The fraction of sp³-hybridized carbons (Fsp3) is 0.733. The zero-order chi connectivity index (χ0) is 14.8. The Bertz CT molecular complexity index is 355. The summed E-state index contributed by atoms with van der Waals surface area (Å²) in [5.74, 6) is 0.709. The van der Waals surface area contributed by atoms with Crippen molar-refractivity contribution >= 4 is 0 Å². The van der Waals surface area contributed by atoms with Gasteiger partial charge in [0.15, 0.2) is 0 Å². The Morgan fingerprint density at radius 2 is 2.10 bits per heavy atom. The summed E-state index contributed by atoms with van der Waals surface area (Å²) in [5.41, 5.74) is 1.78. The first-order chi connectivity index (χ1) is 9.58. The van der Waals surface area contributed by atoms with E-state index in [0.717, 1.165) is 24.4 Å². The third kappa shape index (κ3) is 8.19. The number of nitrogens with one attached hydrogen (secondary N) is 1. The highest BCUT2D eigenvalue weighted by molar-refractivity contribution is 5.00.